The molecule has 1 saturated heterocycles. The fourth-order valence-corrected chi connectivity index (χ4v) is 3.25. The van der Waals surface area contributed by atoms with Gasteiger partial charge in [0.25, 0.3) is 11.8 Å². The zero-order valence-electron chi connectivity index (χ0n) is 16.1. The number of hydrogen-bond donors (Lipinski definition) is 2. The minimum absolute atomic E-state index is 0. The Hall–Kier alpha value is -2.57. The predicted molar refractivity (Wildman–Crippen MR) is 112 cm³/mol. The van der Waals surface area contributed by atoms with Crippen LogP contribution in [0, 0.1) is 5.41 Å². The molecule has 28 heavy (non-hydrogen) atoms. The number of para-hydroxylation sites is 1. The Balaban J connectivity index is 0.00000280. The van der Waals surface area contributed by atoms with E-state index in [-0.39, 0.29) is 29.6 Å². The maximum Gasteiger partial charge on any atom is 0.255 e. The molecule has 1 atom stereocenters. The van der Waals surface area contributed by atoms with Gasteiger partial charge in [0.1, 0.15) is 5.75 Å². The zero-order valence-corrected chi connectivity index (χ0v) is 16.9. The minimum atomic E-state index is -0.272. The molecule has 0 spiro atoms. The van der Waals surface area contributed by atoms with Crippen LogP contribution in [0.15, 0.2) is 48.5 Å². The fourth-order valence-electron chi connectivity index (χ4n) is 3.25. The van der Waals surface area contributed by atoms with E-state index in [1.54, 1.807) is 55.6 Å². The molecule has 3 N–H and O–H groups in total. The van der Waals surface area contributed by atoms with Crippen molar-refractivity contribution >= 4 is 29.9 Å². The van der Waals surface area contributed by atoms with Gasteiger partial charge in [0.2, 0.25) is 0 Å². The molecule has 3 rings (SSSR count). The lowest BCUT2D eigenvalue weighted by Gasteiger charge is -2.23. The Bertz CT molecular complexity index is 841. The van der Waals surface area contributed by atoms with Gasteiger partial charge in [-0.25, -0.2) is 0 Å². The number of halogens is 1. The highest BCUT2D eigenvalue weighted by molar-refractivity contribution is 6.09. The van der Waals surface area contributed by atoms with Crippen LogP contribution < -0.4 is 15.8 Å². The van der Waals surface area contributed by atoms with Crippen molar-refractivity contribution in [2.24, 2.45) is 11.1 Å². The summed E-state index contributed by atoms with van der Waals surface area (Å²) in [6, 6.07) is 13.9. The number of nitrogens with zero attached hydrogens (tertiary/aromatic N) is 1. The number of carbonyl (C=O) groups excluding carboxylic acids is 2. The molecule has 1 aliphatic rings. The molecule has 7 heteroatoms. The first kappa shape index (κ1) is 21.7. The minimum Gasteiger partial charge on any atom is -0.497 e. The molecule has 6 nitrogen and oxygen atoms in total. The topological polar surface area (TPSA) is 84.7 Å². The van der Waals surface area contributed by atoms with Crippen LogP contribution in [0.2, 0.25) is 0 Å². The van der Waals surface area contributed by atoms with Gasteiger partial charge in [0.15, 0.2) is 0 Å². The third-order valence-corrected chi connectivity index (χ3v) is 5.10. The van der Waals surface area contributed by atoms with Crippen molar-refractivity contribution < 1.29 is 14.3 Å². The number of hydrogen-bond acceptors (Lipinski definition) is 4. The van der Waals surface area contributed by atoms with E-state index in [2.05, 4.69) is 12.2 Å². The lowest BCUT2D eigenvalue weighted by molar-refractivity contribution is 0.0778. The Kier molecular flexibility index (Phi) is 7.05. The SMILES string of the molecule is COc1ccc(C(=O)Nc2ccccc2C(=O)N2CCC(C)(CN)C2)cc1.Cl. The Labute approximate surface area is 171 Å². The Morgan fingerprint density at radius 3 is 2.46 bits per heavy atom. The highest BCUT2D eigenvalue weighted by Crippen LogP contribution is 2.30. The van der Waals surface area contributed by atoms with E-state index in [1.807, 2.05) is 4.90 Å². The van der Waals surface area contributed by atoms with Gasteiger partial charge >= 0.3 is 0 Å². The molecular formula is C21H26ClN3O3. The monoisotopic (exact) mass is 403 g/mol. The lowest BCUT2D eigenvalue weighted by atomic mass is 9.90. The zero-order chi connectivity index (χ0) is 19.4. The second kappa shape index (κ2) is 9.08. The molecule has 1 fully saturated rings. The molecule has 0 aromatic heterocycles. The Morgan fingerprint density at radius 2 is 1.86 bits per heavy atom. The molecule has 0 radical (unpaired) electrons. The summed E-state index contributed by atoms with van der Waals surface area (Å²) < 4.78 is 5.11. The van der Waals surface area contributed by atoms with Gasteiger partial charge in [-0.15, -0.1) is 12.4 Å². The third-order valence-electron chi connectivity index (χ3n) is 5.10. The molecule has 1 aliphatic heterocycles. The quantitative estimate of drug-likeness (QED) is 0.802. The molecule has 0 aliphatic carbocycles. The van der Waals surface area contributed by atoms with Crippen LogP contribution in [0.5, 0.6) is 5.75 Å². The van der Waals surface area contributed by atoms with Gasteiger partial charge in [-0.1, -0.05) is 19.1 Å². The van der Waals surface area contributed by atoms with Gasteiger partial charge < -0.3 is 20.7 Å². The number of ether oxygens (including phenoxy) is 1. The summed E-state index contributed by atoms with van der Waals surface area (Å²) in [6.45, 7) is 3.95. The van der Waals surface area contributed by atoms with E-state index in [0.717, 1.165) is 6.42 Å². The molecule has 1 unspecified atom stereocenters. The van der Waals surface area contributed by atoms with Gasteiger partial charge in [0.05, 0.1) is 18.4 Å². The van der Waals surface area contributed by atoms with Crippen LogP contribution in [0.25, 0.3) is 0 Å². The van der Waals surface area contributed by atoms with Crippen LogP contribution in [-0.2, 0) is 0 Å². The van der Waals surface area contributed by atoms with Crippen molar-refractivity contribution in [1.82, 2.24) is 4.90 Å². The molecule has 2 aromatic carbocycles. The summed E-state index contributed by atoms with van der Waals surface area (Å²) in [5.41, 5.74) is 7.29. The summed E-state index contributed by atoms with van der Waals surface area (Å²) in [5.74, 6) is 0.322. The first-order chi connectivity index (χ1) is 13.0. The smallest absolute Gasteiger partial charge is 0.255 e. The van der Waals surface area contributed by atoms with Crippen molar-refractivity contribution in [3.63, 3.8) is 0 Å². The number of amides is 2. The number of anilines is 1. The summed E-state index contributed by atoms with van der Waals surface area (Å²) in [6.07, 6.45) is 0.885. The molecule has 0 bridgehead atoms. The standard InChI is InChI=1S/C21H25N3O3.ClH/c1-21(13-22)11-12-24(14-21)20(26)17-5-3-4-6-18(17)23-19(25)15-7-9-16(27-2)10-8-15;/h3-10H,11-14,22H2,1-2H3,(H,23,25);1H. The van der Waals surface area contributed by atoms with Gasteiger partial charge in [-0.2, -0.15) is 0 Å². The second-order valence-corrected chi connectivity index (χ2v) is 7.22. The molecule has 0 saturated carbocycles. The first-order valence-electron chi connectivity index (χ1n) is 8.99. The lowest BCUT2D eigenvalue weighted by Crippen LogP contribution is -2.34. The fraction of sp³-hybridized carbons (Fsp3) is 0.333. The van der Waals surface area contributed by atoms with Crippen LogP contribution in [-0.4, -0.2) is 43.5 Å². The van der Waals surface area contributed by atoms with E-state index in [4.69, 9.17) is 10.5 Å². The average molecular weight is 404 g/mol. The highest BCUT2D eigenvalue weighted by atomic mass is 35.5. The average Bonchev–Trinajstić information content (AvgIpc) is 3.11. The van der Waals surface area contributed by atoms with Gasteiger partial charge in [0, 0.05) is 18.7 Å². The van der Waals surface area contributed by atoms with Crippen LogP contribution in [0.4, 0.5) is 5.69 Å². The number of benzene rings is 2. The highest BCUT2D eigenvalue weighted by Gasteiger charge is 2.35. The second-order valence-electron chi connectivity index (χ2n) is 7.22. The molecule has 2 amide bonds. The van der Waals surface area contributed by atoms with Crippen molar-refractivity contribution in [3.05, 3.63) is 59.7 Å². The maximum absolute atomic E-state index is 13.0. The number of methoxy groups -OCH3 is 1. The molecule has 150 valence electrons. The molecule has 1 heterocycles. The molecular weight excluding hydrogens is 378 g/mol. The Morgan fingerprint density at radius 1 is 1.18 bits per heavy atom. The van der Waals surface area contributed by atoms with Crippen molar-refractivity contribution in [2.45, 2.75) is 13.3 Å². The summed E-state index contributed by atoms with van der Waals surface area (Å²) >= 11 is 0. The van der Waals surface area contributed by atoms with E-state index in [1.165, 1.54) is 0 Å². The number of nitrogens with one attached hydrogen (secondary N) is 1. The summed E-state index contributed by atoms with van der Waals surface area (Å²) in [7, 11) is 1.57. The van der Waals surface area contributed by atoms with Gasteiger partial charge in [-0.05, 0) is 54.8 Å². The normalized spacial score (nSPS) is 18.3. The van der Waals surface area contributed by atoms with Crippen LogP contribution in [0.3, 0.4) is 0 Å². The predicted octanol–water partition coefficient (Wildman–Crippen LogP) is 3.18. The number of nitrogens with two attached hydrogens (primary N) is 1. The van der Waals surface area contributed by atoms with Crippen molar-refractivity contribution in [3.8, 4) is 5.75 Å². The number of likely N-dealkylation sites (tertiary alicyclic amines) is 1. The first-order valence-corrected chi connectivity index (χ1v) is 8.99. The summed E-state index contributed by atoms with van der Waals surface area (Å²) in [5, 5.41) is 2.85. The van der Waals surface area contributed by atoms with E-state index < -0.39 is 0 Å². The van der Waals surface area contributed by atoms with E-state index in [0.29, 0.717) is 42.2 Å². The van der Waals surface area contributed by atoms with Gasteiger partial charge in [-0.3, -0.25) is 9.59 Å². The number of rotatable bonds is 5. The van der Waals surface area contributed by atoms with Crippen molar-refractivity contribution in [2.75, 3.05) is 32.1 Å². The number of carbonyl (C=O) groups is 2. The van der Waals surface area contributed by atoms with Crippen LogP contribution >= 0.6 is 12.4 Å². The van der Waals surface area contributed by atoms with E-state index in [9.17, 15) is 9.59 Å². The van der Waals surface area contributed by atoms with Crippen molar-refractivity contribution in [1.29, 1.82) is 0 Å². The maximum atomic E-state index is 13.0. The summed E-state index contributed by atoms with van der Waals surface area (Å²) in [4.78, 5) is 27.4. The largest absolute Gasteiger partial charge is 0.497 e. The third kappa shape index (κ3) is 4.64. The molecule has 2 aromatic rings. The van der Waals surface area contributed by atoms with E-state index >= 15 is 0 Å². The van der Waals surface area contributed by atoms with Crippen LogP contribution in [0.1, 0.15) is 34.1 Å².